The van der Waals surface area contributed by atoms with Crippen LogP contribution in [-0.2, 0) is 4.74 Å². The van der Waals surface area contributed by atoms with Crippen LogP contribution in [0, 0.1) is 6.92 Å². The molecule has 1 fully saturated rings. The molecule has 1 atom stereocenters. The lowest BCUT2D eigenvalue weighted by atomic mass is 10.2. The number of carbonyl (C=O) groups excluding carboxylic acids is 1. The van der Waals surface area contributed by atoms with Crippen molar-refractivity contribution >= 4 is 17.4 Å². The van der Waals surface area contributed by atoms with E-state index >= 15 is 0 Å². The molecule has 0 radical (unpaired) electrons. The van der Waals surface area contributed by atoms with Crippen LogP contribution < -0.4 is 5.32 Å². The van der Waals surface area contributed by atoms with Crippen LogP contribution in [0.15, 0.2) is 12.1 Å². The molecule has 0 aromatic carbocycles. The molecule has 106 valence electrons. The fourth-order valence-electron chi connectivity index (χ4n) is 2.07. The van der Waals surface area contributed by atoms with Gasteiger partial charge in [0.2, 0.25) is 0 Å². The van der Waals surface area contributed by atoms with Crippen molar-refractivity contribution in [2.45, 2.75) is 39.3 Å². The van der Waals surface area contributed by atoms with E-state index in [1.165, 1.54) is 9.75 Å². The van der Waals surface area contributed by atoms with E-state index in [4.69, 9.17) is 4.74 Å². The lowest BCUT2D eigenvalue weighted by molar-refractivity contribution is 0.0196. The van der Waals surface area contributed by atoms with Crippen LogP contribution in [0.4, 0.5) is 4.79 Å². The molecule has 1 amide bonds. The predicted molar refractivity (Wildman–Crippen MR) is 77.6 cm³/mol. The third kappa shape index (κ3) is 3.94. The molecule has 4 nitrogen and oxygen atoms in total. The minimum absolute atomic E-state index is 0.215. The van der Waals surface area contributed by atoms with Crippen molar-refractivity contribution in [2.75, 3.05) is 19.6 Å². The van der Waals surface area contributed by atoms with Crippen molar-refractivity contribution in [1.29, 1.82) is 0 Å². The molecule has 1 unspecified atom stereocenters. The number of carbonyl (C=O) groups is 1. The molecule has 1 aliphatic rings. The Morgan fingerprint density at radius 2 is 2.21 bits per heavy atom. The summed E-state index contributed by atoms with van der Waals surface area (Å²) in [7, 11) is 0. The van der Waals surface area contributed by atoms with E-state index in [1.54, 1.807) is 16.2 Å². The summed E-state index contributed by atoms with van der Waals surface area (Å²) < 4.78 is 5.43. The zero-order chi connectivity index (χ0) is 14.0. The molecule has 0 spiro atoms. The van der Waals surface area contributed by atoms with Crippen LogP contribution in [0.2, 0.25) is 0 Å². The summed E-state index contributed by atoms with van der Waals surface area (Å²) in [4.78, 5) is 16.4. The van der Waals surface area contributed by atoms with Gasteiger partial charge in [0.15, 0.2) is 0 Å². The summed E-state index contributed by atoms with van der Waals surface area (Å²) in [6.45, 7) is 9.97. The average molecular weight is 282 g/mol. The number of ether oxygens (including phenoxy) is 1. The Morgan fingerprint density at radius 1 is 1.47 bits per heavy atom. The summed E-state index contributed by atoms with van der Waals surface area (Å²) in [6, 6.07) is 4.48. The minimum atomic E-state index is -0.434. The summed E-state index contributed by atoms with van der Waals surface area (Å²) >= 11 is 1.78. The smallest absolute Gasteiger partial charge is 0.410 e. The SMILES string of the molecule is Cc1ccc(C2CN(C(=O)OC(C)(C)C)CCN2)s1. The van der Waals surface area contributed by atoms with Gasteiger partial charge in [-0.05, 0) is 39.8 Å². The minimum Gasteiger partial charge on any atom is -0.444 e. The largest absolute Gasteiger partial charge is 0.444 e. The molecule has 1 aromatic heterocycles. The molecule has 0 aliphatic carbocycles. The Kier molecular flexibility index (Phi) is 4.16. The first-order valence-corrected chi connectivity index (χ1v) is 7.44. The van der Waals surface area contributed by atoms with Crippen LogP contribution in [0.1, 0.15) is 36.6 Å². The van der Waals surface area contributed by atoms with Gasteiger partial charge in [-0.2, -0.15) is 0 Å². The van der Waals surface area contributed by atoms with Crippen LogP contribution in [0.3, 0.4) is 0 Å². The van der Waals surface area contributed by atoms with E-state index < -0.39 is 5.60 Å². The number of nitrogens with one attached hydrogen (secondary N) is 1. The molecule has 1 saturated heterocycles. The van der Waals surface area contributed by atoms with Gasteiger partial charge in [-0.1, -0.05) is 0 Å². The van der Waals surface area contributed by atoms with E-state index in [0.29, 0.717) is 13.1 Å². The Morgan fingerprint density at radius 3 is 2.79 bits per heavy atom. The quantitative estimate of drug-likeness (QED) is 0.861. The summed E-state index contributed by atoms with van der Waals surface area (Å²) in [5.74, 6) is 0. The highest BCUT2D eigenvalue weighted by molar-refractivity contribution is 7.12. The second-order valence-electron chi connectivity index (χ2n) is 5.88. The van der Waals surface area contributed by atoms with Gasteiger partial charge in [0, 0.05) is 29.4 Å². The van der Waals surface area contributed by atoms with Crippen molar-refractivity contribution in [3.63, 3.8) is 0 Å². The van der Waals surface area contributed by atoms with E-state index in [-0.39, 0.29) is 12.1 Å². The molecular formula is C14H22N2O2S. The highest BCUT2D eigenvalue weighted by atomic mass is 32.1. The Hall–Kier alpha value is -1.07. The number of rotatable bonds is 1. The van der Waals surface area contributed by atoms with Crippen molar-refractivity contribution < 1.29 is 9.53 Å². The molecular weight excluding hydrogens is 260 g/mol. The van der Waals surface area contributed by atoms with Gasteiger partial charge < -0.3 is 15.0 Å². The number of amides is 1. The van der Waals surface area contributed by atoms with Gasteiger partial charge in [-0.15, -0.1) is 11.3 Å². The molecule has 1 aromatic rings. The first-order valence-electron chi connectivity index (χ1n) is 6.63. The zero-order valence-electron chi connectivity index (χ0n) is 12.0. The molecule has 2 heterocycles. The van der Waals surface area contributed by atoms with Crippen LogP contribution in [0.5, 0.6) is 0 Å². The molecule has 0 bridgehead atoms. The normalized spacial score (nSPS) is 20.4. The molecule has 0 saturated carbocycles. The van der Waals surface area contributed by atoms with Gasteiger partial charge in [-0.3, -0.25) is 0 Å². The predicted octanol–water partition coefficient (Wildman–Crippen LogP) is 2.94. The third-order valence-electron chi connectivity index (χ3n) is 2.93. The second kappa shape index (κ2) is 5.51. The van der Waals surface area contributed by atoms with Gasteiger partial charge in [0.1, 0.15) is 5.60 Å². The van der Waals surface area contributed by atoms with Crippen molar-refractivity contribution in [1.82, 2.24) is 10.2 Å². The maximum atomic E-state index is 12.1. The number of hydrogen-bond acceptors (Lipinski definition) is 4. The van der Waals surface area contributed by atoms with Crippen molar-refractivity contribution in [3.8, 4) is 0 Å². The summed E-state index contributed by atoms with van der Waals surface area (Å²) in [5, 5.41) is 3.46. The molecule has 1 aliphatic heterocycles. The average Bonchev–Trinajstić information content (AvgIpc) is 2.74. The van der Waals surface area contributed by atoms with Crippen molar-refractivity contribution in [3.05, 3.63) is 21.9 Å². The first-order chi connectivity index (χ1) is 8.85. The summed E-state index contributed by atoms with van der Waals surface area (Å²) in [5.41, 5.74) is -0.434. The van der Waals surface area contributed by atoms with E-state index in [0.717, 1.165) is 6.54 Å². The number of piperazine rings is 1. The maximum absolute atomic E-state index is 12.1. The van der Waals surface area contributed by atoms with Gasteiger partial charge >= 0.3 is 6.09 Å². The number of hydrogen-bond donors (Lipinski definition) is 1. The van der Waals surface area contributed by atoms with E-state index in [9.17, 15) is 4.79 Å². The summed E-state index contributed by atoms with van der Waals surface area (Å²) in [6.07, 6.45) is -0.215. The zero-order valence-corrected chi connectivity index (χ0v) is 12.8. The maximum Gasteiger partial charge on any atom is 0.410 e. The number of nitrogens with zero attached hydrogens (tertiary/aromatic N) is 1. The standard InChI is InChI=1S/C14H22N2O2S/c1-10-5-6-12(19-10)11-9-16(8-7-15-11)13(17)18-14(2,3)4/h5-6,11,15H,7-9H2,1-4H3. The molecule has 19 heavy (non-hydrogen) atoms. The highest BCUT2D eigenvalue weighted by Gasteiger charge is 2.28. The number of aryl methyl sites for hydroxylation is 1. The lowest BCUT2D eigenvalue weighted by Crippen LogP contribution is -2.49. The van der Waals surface area contributed by atoms with Gasteiger partial charge in [0.25, 0.3) is 0 Å². The molecule has 1 N–H and O–H groups in total. The van der Waals surface area contributed by atoms with Crippen molar-refractivity contribution in [2.24, 2.45) is 0 Å². The first kappa shape index (κ1) is 14.3. The van der Waals surface area contributed by atoms with E-state index in [2.05, 4.69) is 24.4 Å². The fourth-order valence-corrected chi connectivity index (χ4v) is 3.02. The van der Waals surface area contributed by atoms with Crippen LogP contribution >= 0.6 is 11.3 Å². The third-order valence-corrected chi connectivity index (χ3v) is 4.05. The van der Waals surface area contributed by atoms with Crippen LogP contribution in [0.25, 0.3) is 0 Å². The Balaban J connectivity index is 1.99. The van der Waals surface area contributed by atoms with Gasteiger partial charge in [-0.25, -0.2) is 4.79 Å². The monoisotopic (exact) mass is 282 g/mol. The Bertz CT molecular complexity index is 451. The van der Waals surface area contributed by atoms with Crippen LogP contribution in [-0.4, -0.2) is 36.2 Å². The second-order valence-corrected chi connectivity index (χ2v) is 7.20. The Labute approximate surface area is 118 Å². The number of thiophene rings is 1. The fraction of sp³-hybridized carbons (Fsp3) is 0.643. The highest BCUT2D eigenvalue weighted by Crippen LogP contribution is 2.25. The van der Waals surface area contributed by atoms with E-state index in [1.807, 2.05) is 20.8 Å². The molecule has 5 heteroatoms. The molecule has 2 rings (SSSR count). The topological polar surface area (TPSA) is 41.6 Å². The lowest BCUT2D eigenvalue weighted by Gasteiger charge is -2.34. The van der Waals surface area contributed by atoms with Gasteiger partial charge in [0.05, 0.1) is 6.04 Å².